The molecule has 0 amide bonds. The normalized spacial score (nSPS) is 23.2. The molecule has 1 aromatic rings. The first-order chi connectivity index (χ1) is 5.29. The van der Waals surface area contributed by atoms with Gasteiger partial charge in [0.15, 0.2) is 5.88 Å². The SMILES string of the molecule is CC1NCCn2c(O)ccc21. The van der Waals surface area contributed by atoms with E-state index in [-0.39, 0.29) is 0 Å². The highest BCUT2D eigenvalue weighted by Crippen LogP contribution is 2.23. The van der Waals surface area contributed by atoms with Crippen LogP contribution in [0.2, 0.25) is 0 Å². The maximum absolute atomic E-state index is 9.35. The molecule has 0 bridgehead atoms. The predicted octanol–water partition coefficient (Wildman–Crippen LogP) is 0.858. The summed E-state index contributed by atoms with van der Waals surface area (Å²) in [5.41, 5.74) is 1.17. The van der Waals surface area contributed by atoms with E-state index in [0.29, 0.717) is 11.9 Å². The molecule has 1 unspecified atom stereocenters. The lowest BCUT2D eigenvalue weighted by atomic mass is 10.2. The van der Waals surface area contributed by atoms with Crippen LogP contribution in [0.5, 0.6) is 5.88 Å². The van der Waals surface area contributed by atoms with Gasteiger partial charge in [-0.05, 0) is 13.0 Å². The molecule has 1 aliphatic rings. The molecular formula is C8H12N2O. The van der Waals surface area contributed by atoms with Gasteiger partial charge < -0.3 is 15.0 Å². The topological polar surface area (TPSA) is 37.2 Å². The fourth-order valence-electron chi connectivity index (χ4n) is 1.59. The van der Waals surface area contributed by atoms with E-state index in [1.807, 2.05) is 10.6 Å². The lowest BCUT2D eigenvalue weighted by Crippen LogP contribution is -2.30. The van der Waals surface area contributed by atoms with Crippen LogP contribution < -0.4 is 5.32 Å². The zero-order chi connectivity index (χ0) is 7.84. The van der Waals surface area contributed by atoms with Crippen molar-refractivity contribution in [1.82, 2.24) is 9.88 Å². The molecule has 1 atom stereocenters. The van der Waals surface area contributed by atoms with Crippen LogP contribution in [0, 0.1) is 0 Å². The van der Waals surface area contributed by atoms with Crippen LogP contribution in [0.15, 0.2) is 12.1 Å². The molecule has 3 heteroatoms. The summed E-state index contributed by atoms with van der Waals surface area (Å²) >= 11 is 0. The maximum Gasteiger partial charge on any atom is 0.191 e. The number of hydrogen-bond acceptors (Lipinski definition) is 2. The van der Waals surface area contributed by atoms with Crippen molar-refractivity contribution in [3.63, 3.8) is 0 Å². The average Bonchev–Trinajstić information content (AvgIpc) is 2.35. The van der Waals surface area contributed by atoms with Crippen LogP contribution >= 0.6 is 0 Å². The van der Waals surface area contributed by atoms with Crippen LogP contribution in [-0.2, 0) is 6.54 Å². The van der Waals surface area contributed by atoms with Crippen molar-refractivity contribution in [2.45, 2.75) is 19.5 Å². The van der Waals surface area contributed by atoms with Gasteiger partial charge in [0, 0.05) is 30.9 Å². The largest absolute Gasteiger partial charge is 0.494 e. The van der Waals surface area contributed by atoms with Crippen LogP contribution in [-0.4, -0.2) is 16.2 Å². The molecule has 2 N–H and O–H groups in total. The van der Waals surface area contributed by atoms with Gasteiger partial charge in [-0.1, -0.05) is 0 Å². The first-order valence-electron chi connectivity index (χ1n) is 3.91. The fourth-order valence-corrected chi connectivity index (χ4v) is 1.59. The molecule has 0 aromatic carbocycles. The minimum absolute atomic E-state index is 0.365. The predicted molar refractivity (Wildman–Crippen MR) is 42.5 cm³/mol. The Morgan fingerprint density at radius 3 is 3.18 bits per heavy atom. The molecule has 3 nitrogen and oxygen atoms in total. The number of aromatic hydroxyl groups is 1. The average molecular weight is 152 g/mol. The highest BCUT2D eigenvalue weighted by Gasteiger charge is 2.16. The molecule has 0 saturated carbocycles. The van der Waals surface area contributed by atoms with Crippen molar-refractivity contribution in [1.29, 1.82) is 0 Å². The van der Waals surface area contributed by atoms with E-state index in [9.17, 15) is 5.11 Å². The summed E-state index contributed by atoms with van der Waals surface area (Å²) in [6.45, 7) is 3.92. The van der Waals surface area contributed by atoms with E-state index in [4.69, 9.17) is 0 Å². The zero-order valence-electron chi connectivity index (χ0n) is 6.54. The second kappa shape index (κ2) is 2.27. The van der Waals surface area contributed by atoms with E-state index >= 15 is 0 Å². The Morgan fingerprint density at radius 2 is 2.45 bits per heavy atom. The molecule has 0 spiro atoms. The third-order valence-corrected chi connectivity index (χ3v) is 2.22. The Bertz CT molecular complexity index is 267. The van der Waals surface area contributed by atoms with Crippen molar-refractivity contribution in [2.75, 3.05) is 6.54 Å². The van der Waals surface area contributed by atoms with Crippen LogP contribution in [0.4, 0.5) is 0 Å². The number of rotatable bonds is 0. The van der Waals surface area contributed by atoms with Crippen molar-refractivity contribution in [3.05, 3.63) is 17.8 Å². The van der Waals surface area contributed by atoms with E-state index < -0.39 is 0 Å². The van der Waals surface area contributed by atoms with Crippen molar-refractivity contribution < 1.29 is 5.11 Å². The van der Waals surface area contributed by atoms with E-state index in [0.717, 1.165) is 13.1 Å². The molecular weight excluding hydrogens is 140 g/mol. The summed E-state index contributed by atoms with van der Waals surface area (Å²) in [7, 11) is 0. The lowest BCUT2D eigenvalue weighted by Gasteiger charge is -2.23. The molecule has 0 radical (unpaired) electrons. The van der Waals surface area contributed by atoms with Gasteiger partial charge in [-0.3, -0.25) is 0 Å². The van der Waals surface area contributed by atoms with Crippen LogP contribution in [0.1, 0.15) is 18.7 Å². The Hall–Kier alpha value is -0.960. The number of nitrogens with zero attached hydrogens (tertiary/aromatic N) is 1. The molecule has 1 aliphatic heterocycles. The number of fused-ring (bicyclic) bond motifs is 1. The minimum Gasteiger partial charge on any atom is -0.494 e. The highest BCUT2D eigenvalue weighted by atomic mass is 16.3. The van der Waals surface area contributed by atoms with Gasteiger partial charge in [-0.2, -0.15) is 0 Å². The summed E-state index contributed by atoms with van der Waals surface area (Å²) < 4.78 is 1.95. The Morgan fingerprint density at radius 1 is 1.64 bits per heavy atom. The summed E-state index contributed by atoms with van der Waals surface area (Å²) in [6, 6.07) is 4.08. The standard InChI is InChI=1S/C8H12N2O/c1-6-7-2-3-8(11)10(7)5-4-9-6/h2-3,6,9,11H,4-5H2,1H3. The van der Waals surface area contributed by atoms with Crippen molar-refractivity contribution in [2.24, 2.45) is 0 Å². The highest BCUT2D eigenvalue weighted by molar-refractivity contribution is 5.23. The molecule has 0 aliphatic carbocycles. The second-order valence-corrected chi connectivity index (χ2v) is 2.94. The quantitative estimate of drug-likeness (QED) is 0.578. The smallest absolute Gasteiger partial charge is 0.191 e. The maximum atomic E-state index is 9.35. The van der Waals surface area contributed by atoms with Crippen LogP contribution in [0.3, 0.4) is 0 Å². The lowest BCUT2D eigenvalue weighted by molar-refractivity contribution is 0.372. The summed E-state index contributed by atoms with van der Waals surface area (Å²) in [5, 5.41) is 12.7. The number of aromatic nitrogens is 1. The van der Waals surface area contributed by atoms with Gasteiger partial charge in [0.2, 0.25) is 0 Å². The van der Waals surface area contributed by atoms with Gasteiger partial charge in [-0.25, -0.2) is 0 Å². The van der Waals surface area contributed by atoms with E-state index in [2.05, 4.69) is 12.2 Å². The van der Waals surface area contributed by atoms with Crippen LogP contribution in [0.25, 0.3) is 0 Å². The minimum atomic E-state index is 0.365. The fraction of sp³-hybridized carbons (Fsp3) is 0.500. The van der Waals surface area contributed by atoms with Gasteiger partial charge in [0.05, 0.1) is 0 Å². The van der Waals surface area contributed by atoms with E-state index in [1.165, 1.54) is 5.69 Å². The number of hydrogen-bond donors (Lipinski definition) is 2. The summed E-state index contributed by atoms with van der Waals surface area (Å²) in [4.78, 5) is 0. The molecule has 0 fully saturated rings. The van der Waals surface area contributed by atoms with Gasteiger partial charge >= 0.3 is 0 Å². The van der Waals surface area contributed by atoms with Gasteiger partial charge in [0.25, 0.3) is 0 Å². The monoisotopic (exact) mass is 152 g/mol. The molecule has 60 valence electrons. The van der Waals surface area contributed by atoms with Gasteiger partial charge in [-0.15, -0.1) is 0 Å². The van der Waals surface area contributed by atoms with Crippen molar-refractivity contribution in [3.8, 4) is 5.88 Å². The molecule has 1 aromatic heterocycles. The molecule has 11 heavy (non-hydrogen) atoms. The Kier molecular flexibility index (Phi) is 1.39. The zero-order valence-corrected chi connectivity index (χ0v) is 6.54. The molecule has 2 rings (SSSR count). The Labute approximate surface area is 65.6 Å². The van der Waals surface area contributed by atoms with Gasteiger partial charge in [0.1, 0.15) is 0 Å². The number of nitrogens with one attached hydrogen (secondary N) is 1. The summed E-state index contributed by atoms with van der Waals surface area (Å²) in [6.07, 6.45) is 0. The van der Waals surface area contributed by atoms with Crippen molar-refractivity contribution >= 4 is 0 Å². The van der Waals surface area contributed by atoms with E-state index in [1.54, 1.807) is 6.07 Å². The molecule has 0 saturated heterocycles. The Balaban J connectivity index is 2.46. The third kappa shape index (κ3) is 0.922. The second-order valence-electron chi connectivity index (χ2n) is 2.94. The first-order valence-corrected chi connectivity index (χ1v) is 3.91. The third-order valence-electron chi connectivity index (χ3n) is 2.22. The summed E-state index contributed by atoms with van der Waals surface area (Å²) in [5.74, 6) is 0.383. The first kappa shape index (κ1) is 6.73. The molecule has 2 heterocycles.